The van der Waals surface area contributed by atoms with E-state index >= 15 is 0 Å². The number of ether oxygens (including phenoxy) is 3. The van der Waals surface area contributed by atoms with Crippen molar-refractivity contribution in [2.75, 3.05) is 13.2 Å². The molecule has 0 aliphatic rings. The van der Waals surface area contributed by atoms with Crippen LogP contribution in [0.2, 0.25) is 0 Å². The predicted octanol–water partition coefficient (Wildman–Crippen LogP) is 13.9. The van der Waals surface area contributed by atoms with Crippen molar-refractivity contribution in [3.05, 3.63) is 72.9 Å². The molecule has 0 rings (SSSR count). The highest BCUT2D eigenvalue weighted by molar-refractivity contribution is 5.71. The van der Waals surface area contributed by atoms with Crippen LogP contribution in [0.5, 0.6) is 0 Å². The summed E-state index contributed by atoms with van der Waals surface area (Å²) in [5.74, 6) is -1.01. The Balaban J connectivity index is 4.42. The third-order valence-corrected chi connectivity index (χ3v) is 9.00. The van der Waals surface area contributed by atoms with Crippen LogP contribution < -0.4 is 0 Å². The zero-order valence-electron chi connectivity index (χ0n) is 35.0. The Bertz CT molecular complexity index is 1050. The van der Waals surface area contributed by atoms with Gasteiger partial charge in [0.1, 0.15) is 13.2 Å². The van der Waals surface area contributed by atoms with Crippen LogP contribution in [0.1, 0.15) is 194 Å². The summed E-state index contributed by atoms with van der Waals surface area (Å²) in [6.07, 6.45) is 51.9. The molecule has 1 atom stereocenters. The summed E-state index contributed by atoms with van der Waals surface area (Å²) in [6.45, 7) is 6.43. The average Bonchev–Trinajstić information content (AvgIpc) is 3.17. The first-order chi connectivity index (χ1) is 26.5. The smallest absolute Gasteiger partial charge is 0.306 e. The SMILES string of the molecule is CCCCC\C=C/C=C\C=C/C=C\CCCCCCCC(=O)OCC(COC(=O)CCC/C=C\CCCCCC)OC(=O)CCC/C=C\CCCCCC. The van der Waals surface area contributed by atoms with Crippen molar-refractivity contribution in [1.82, 2.24) is 0 Å². The molecule has 0 aromatic carbocycles. The molecule has 0 bridgehead atoms. The zero-order chi connectivity index (χ0) is 39.4. The Hall–Kier alpha value is -3.15. The molecular weight excluding hydrogens is 673 g/mol. The maximum atomic E-state index is 12.6. The van der Waals surface area contributed by atoms with Crippen molar-refractivity contribution in [3.8, 4) is 0 Å². The highest BCUT2D eigenvalue weighted by Gasteiger charge is 2.19. The Kier molecular flexibility index (Phi) is 40.1. The van der Waals surface area contributed by atoms with E-state index in [1.54, 1.807) is 0 Å². The molecular formula is C48H80O6. The number of hydrogen-bond donors (Lipinski definition) is 0. The van der Waals surface area contributed by atoms with E-state index in [-0.39, 0.29) is 37.5 Å². The average molecular weight is 753 g/mol. The second-order valence-corrected chi connectivity index (χ2v) is 14.3. The predicted molar refractivity (Wildman–Crippen MR) is 228 cm³/mol. The zero-order valence-corrected chi connectivity index (χ0v) is 35.0. The van der Waals surface area contributed by atoms with Crippen molar-refractivity contribution in [3.63, 3.8) is 0 Å². The molecule has 0 saturated heterocycles. The highest BCUT2D eigenvalue weighted by Crippen LogP contribution is 2.11. The van der Waals surface area contributed by atoms with Crippen LogP contribution in [-0.2, 0) is 28.6 Å². The van der Waals surface area contributed by atoms with Crippen LogP contribution in [-0.4, -0.2) is 37.2 Å². The van der Waals surface area contributed by atoms with Gasteiger partial charge in [-0.05, 0) is 83.5 Å². The molecule has 0 saturated carbocycles. The van der Waals surface area contributed by atoms with Gasteiger partial charge in [-0.1, -0.05) is 164 Å². The molecule has 0 aromatic heterocycles. The first-order valence-corrected chi connectivity index (χ1v) is 22.0. The summed E-state index contributed by atoms with van der Waals surface area (Å²) in [6, 6.07) is 0. The second kappa shape index (κ2) is 42.6. The Morgan fingerprint density at radius 2 is 0.704 bits per heavy atom. The molecule has 0 aliphatic carbocycles. The molecule has 6 heteroatoms. The topological polar surface area (TPSA) is 78.9 Å². The number of unbranched alkanes of at least 4 members (excludes halogenated alkanes) is 18. The molecule has 0 spiro atoms. The van der Waals surface area contributed by atoms with Gasteiger partial charge in [-0.3, -0.25) is 14.4 Å². The molecule has 0 aromatic rings. The van der Waals surface area contributed by atoms with Crippen LogP contribution in [0, 0.1) is 0 Å². The minimum atomic E-state index is -0.807. The van der Waals surface area contributed by atoms with Gasteiger partial charge in [0.2, 0.25) is 0 Å². The number of rotatable bonds is 38. The van der Waals surface area contributed by atoms with Crippen molar-refractivity contribution in [2.45, 2.75) is 200 Å². The highest BCUT2D eigenvalue weighted by atomic mass is 16.6. The van der Waals surface area contributed by atoms with E-state index in [4.69, 9.17) is 14.2 Å². The molecule has 0 N–H and O–H groups in total. The van der Waals surface area contributed by atoms with E-state index in [2.05, 4.69) is 93.7 Å². The van der Waals surface area contributed by atoms with Crippen LogP contribution in [0.15, 0.2) is 72.9 Å². The van der Waals surface area contributed by atoms with E-state index < -0.39 is 6.10 Å². The van der Waals surface area contributed by atoms with E-state index in [0.29, 0.717) is 25.7 Å². The molecule has 6 nitrogen and oxygen atoms in total. The van der Waals surface area contributed by atoms with Gasteiger partial charge in [0.05, 0.1) is 0 Å². The van der Waals surface area contributed by atoms with Gasteiger partial charge >= 0.3 is 17.9 Å². The van der Waals surface area contributed by atoms with Crippen LogP contribution in [0.25, 0.3) is 0 Å². The molecule has 0 fully saturated rings. The molecule has 308 valence electrons. The maximum Gasteiger partial charge on any atom is 0.306 e. The van der Waals surface area contributed by atoms with Gasteiger partial charge in [-0.15, -0.1) is 0 Å². The van der Waals surface area contributed by atoms with Gasteiger partial charge in [-0.2, -0.15) is 0 Å². The van der Waals surface area contributed by atoms with E-state index in [1.807, 2.05) is 0 Å². The third-order valence-electron chi connectivity index (χ3n) is 9.00. The number of carbonyl (C=O) groups excluding carboxylic acids is 3. The fourth-order valence-corrected chi connectivity index (χ4v) is 5.64. The summed E-state index contributed by atoms with van der Waals surface area (Å²) in [4.78, 5) is 37.5. The van der Waals surface area contributed by atoms with Gasteiger partial charge < -0.3 is 14.2 Å². The molecule has 0 heterocycles. The van der Waals surface area contributed by atoms with Gasteiger partial charge in [-0.25, -0.2) is 0 Å². The molecule has 0 amide bonds. The van der Waals surface area contributed by atoms with Crippen molar-refractivity contribution in [2.24, 2.45) is 0 Å². The van der Waals surface area contributed by atoms with Gasteiger partial charge in [0, 0.05) is 19.3 Å². The first kappa shape index (κ1) is 50.9. The Morgan fingerprint density at radius 3 is 1.20 bits per heavy atom. The molecule has 54 heavy (non-hydrogen) atoms. The summed E-state index contributed by atoms with van der Waals surface area (Å²) in [5, 5.41) is 0. The number of carbonyl (C=O) groups is 3. The Morgan fingerprint density at radius 1 is 0.370 bits per heavy atom. The molecule has 1 unspecified atom stereocenters. The third kappa shape index (κ3) is 40.0. The number of allylic oxidation sites excluding steroid dienone is 12. The maximum absolute atomic E-state index is 12.6. The normalized spacial score (nSPS) is 12.7. The van der Waals surface area contributed by atoms with Crippen molar-refractivity contribution < 1.29 is 28.6 Å². The lowest BCUT2D eigenvalue weighted by atomic mass is 10.1. The van der Waals surface area contributed by atoms with Gasteiger partial charge in [0.15, 0.2) is 6.10 Å². The van der Waals surface area contributed by atoms with E-state index in [9.17, 15) is 14.4 Å². The van der Waals surface area contributed by atoms with E-state index in [1.165, 1.54) is 70.6 Å². The van der Waals surface area contributed by atoms with Gasteiger partial charge in [0.25, 0.3) is 0 Å². The monoisotopic (exact) mass is 753 g/mol. The lowest BCUT2D eigenvalue weighted by Gasteiger charge is -2.18. The fraction of sp³-hybridized carbons (Fsp3) is 0.688. The lowest BCUT2D eigenvalue weighted by molar-refractivity contribution is -0.167. The first-order valence-electron chi connectivity index (χ1n) is 22.0. The summed E-state index contributed by atoms with van der Waals surface area (Å²) >= 11 is 0. The minimum Gasteiger partial charge on any atom is -0.462 e. The summed E-state index contributed by atoms with van der Waals surface area (Å²) in [7, 11) is 0. The number of esters is 3. The Labute approximate surface area is 332 Å². The van der Waals surface area contributed by atoms with Crippen LogP contribution in [0.3, 0.4) is 0 Å². The van der Waals surface area contributed by atoms with E-state index in [0.717, 1.165) is 70.6 Å². The van der Waals surface area contributed by atoms with Crippen molar-refractivity contribution >= 4 is 17.9 Å². The quantitative estimate of drug-likeness (QED) is 0.0205. The van der Waals surface area contributed by atoms with Crippen LogP contribution >= 0.6 is 0 Å². The number of hydrogen-bond acceptors (Lipinski definition) is 6. The standard InChI is InChI=1S/C48H80O6/c1-4-7-10-13-16-19-20-21-22-23-24-25-26-27-30-32-35-38-41-47(50)53-44-45(54-48(51)42-39-36-33-29-18-15-12-9-6-3)43-52-46(49)40-37-34-31-28-17-14-11-8-5-2/h16,19-25,28-29,31,33,45H,4-15,17-18,26-27,30,32,34-44H2,1-3H3/b19-16-,21-20-,23-22-,25-24-,31-28-,33-29-. The minimum absolute atomic E-state index is 0.109. The van der Waals surface area contributed by atoms with Crippen LogP contribution in [0.4, 0.5) is 0 Å². The molecule has 0 aliphatic heterocycles. The molecule has 0 radical (unpaired) electrons. The lowest BCUT2D eigenvalue weighted by Crippen LogP contribution is -2.30. The summed E-state index contributed by atoms with van der Waals surface area (Å²) in [5.41, 5.74) is 0. The summed E-state index contributed by atoms with van der Waals surface area (Å²) < 4.78 is 16.5. The largest absolute Gasteiger partial charge is 0.462 e. The van der Waals surface area contributed by atoms with Crippen molar-refractivity contribution in [1.29, 1.82) is 0 Å². The second-order valence-electron chi connectivity index (χ2n) is 14.3. The fourth-order valence-electron chi connectivity index (χ4n) is 5.64.